The van der Waals surface area contributed by atoms with Gasteiger partial charge in [-0.15, -0.1) is 11.8 Å². The van der Waals surface area contributed by atoms with E-state index in [1.807, 2.05) is 18.2 Å². The average Bonchev–Trinajstić information content (AvgIpc) is 2.13. The molecule has 0 aromatic heterocycles. The van der Waals surface area contributed by atoms with Crippen LogP contribution in [0.1, 0.15) is 31.1 Å². The maximum atomic E-state index is 10.1. The van der Waals surface area contributed by atoms with E-state index in [4.69, 9.17) is 11.6 Å². The maximum absolute atomic E-state index is 10.1. The molecular formula is C11H13ClOS. The van der Waals surface area contributed by atoms with Crippen LogP contribution >= 0.6 is 23.4 Å². The molecule has 1 atom stereocenters. The number of halogens is 1. The summed E-state index contributed by atoms with van der Waals surface area (Å²) >= 11 is 7.70. The van der Waals surface area contributed by atoms with Crippen molar-refractivity contribution in [1.29, 1.82) is 0 Å². The third-order valence-corrected chi connectivity index (χ3v) is 4.32. The Hall–Kier alpha value is -0.180. The summed E-state index contributed by atoms with van der Waals surface area (Å²) in [7, 11) is 0. The largest absolute Gasteiger partial charge is 0.387 e. The Morgan fingerprint density at radius 1 is 1.50 bits per heavy atom. The predicted octanol–water partition coefficient (Wildman–Crippen LogP) is 3.40. The molecule has 1 aliphatic rings. The molecule has 1 heterocycles. The second kappa shape index (κ2) is 3.44. The first-order valence-corrected chi connectivity index (χ1v) is 5.97. The van der Waals surface area contributed by atoms with E-state index < -0.39 is 6.10 Å². The summed E-state index contributed by atoms with van der Waals surface area (Å²) in [5.74, 6) is 0.955. The quantitative estimate of drug-likeness (QED) is 0.735. The summed E-state index contributed by atoms with van der Waals surface area (Å²) in [4.78, 5) is 0. The van der Waals surface area contributed by atoms with Gasteiger partial charge in [0.25, 0.3) is 0 Å². The van der Waals surface area contributed by atoms with Gasteiger partial charge in [0.05, 0.1) is 6.10 Å². The molecule has 1 aromatic rings. The SMILES string of the molecule is CC1(C)SCc2ccc(Cl)cc2C1O. The zero-order valence-electron chi connectivity index (χ0n) is 8.25. The summed E-state index contributed by atoms with van der Waals surface area (Å²) in [5, 5.41) is 10.8. The first kappa shape index (κ1) is 10.3. The molecular weight excluding hydrogens is 216 g/mol. The topological polar surface area (TPSA) is 20.2 Å². The Balaban J connectivity index is 2.48. The minimum atomic E-state index is -0.421. The number of aliphatic hydroxyl groups excluding tert-OH is 1. The van der Waals surface area contributed by atoms with Crippen molar-refractivity contribution >= 4 is 23.4 Å². The average molecular weight is 229 g/mol. The zero-order chi connectivity index (χ0) is 10.3. The summed E-state index contributed by atoms with van der Waals surface area (Å²) in [6, 6.07) is 5.76. The second-order valence-electron chi connectivity index (χ2n) is 4.14. The third kappa shape index (κ3) is 1.67. The molecule has 0 amide bonds. The van der Waals surface area contributed by atoms with Crippen LogP contribution in [0.15, 0.2) is 18.2 Å². The molecule has 0 fully saturated rings. The van der Waals surface area contributed by atoms with Crippen LogP contribution < -0.4 is 0 Å². The van der Waals surface area contributed by atoms with Gasteiger partial charge in [-0.25, -0.2) is 0 Å². The monoisotopic (exact) mass is 228 g/mol. The molecule has 1 nitrogen and oxygen atoms in total. The van der Waals surface area contributed by atoms with Crippen molar-refractivity contribution < 1.29 is 5.11 Å². The number of benzene rings is 1. The third-order valence-electron chi connectivity index (χ3n) is 2.66. The van der Waals surface area contributed by atoms with Crippen molar-refractivity contribution in [2.75, 3.05) is 0 Å². The molecule has 0 radical (unpaired) electrons. The molecule has 76 valence electrons. The lowest BCUT2D eigenvalue weighted by Crippen LogP contribution is -2.29. The fraction of sp³-hybridized carbons (Fsp3) is 0.455. The molecule has 1 aromatic carbocycles. The Labute approximate surface area is 93.5 Å². The second-order valence-corrected chi connectivity index (χ2v) is 6.20. The van der Waals surface area contributed by atoms with Gasteiger partial charge in [-0.1, -0.05) is 17.7 Å². The number of hydrogen-bond donors (Lipinski definition) is 1. The molecule has 1 N–H and O–H groups in total. The Morgan fingerprint density at radius 3 is 2.93 bits per heavy atom. The minimum Gasteiger partial charge on any atom is -0.387 e. The van der Waals surface area contributed by atoms with E-state index in [2.05, 4.69) is 13.8 Å². The lowest BCUT2D eigenvalue weighted by molar-refractivity contribution is 0.141. The number of aliphatic hydroxyl groups is 1. The van der Waals surface area contributed by atoms with E-state index in [9.17, 15) is 5.11 Å². The number of hydrogen-bond acceptors (Lipinski definition) is 2. The Morgan fingerprint density at radius 2 is 2.21 bits per heavy atom. The molecule has 0 bridgehead atoms. The van der Waals surface area contributed by atoms with Gasteiger partial charge < -0.3 is 5.11 Å². The van der Waals surface area contributed by atoms with Gasteiger partial charge in [0, 0.05) is 15.5 Å². The van der Waals surface area contributed by atoms with Gasteiger partial charge >= 0.3 is 0 Å². The normalized spacial score (nSPS) is 24.4. The van der Waals surface area contributed by atoms with E-state index in [0.717, 1.165) is 11.3 Å². The minimum absolute atomic E-state index is 0.113. The number of fused-ring (bicyclic) bond motifs is 1. The molecule has 0 saturated carbocycles. The van der Waals surface area contributed by atoms with Crippen molar-refractivity contribution in [2.24, 2.45) is 0 Å². The van der Waals surface area contributed by atoms with Crippen LogP contribution in [0.2, 0.25) is 5.02 Å². The highest BCUT2D eigenvalue weighted by molar-refractivity contribution is 7.99. The standard InChI is InChI=1S/C11H13ClOS/c1-11(2)10(13)9-5-8(12)4-3-7(9)6-14-11/h3-5,10,13H,6H2,1-2H3. The molecule has 0 spiro atoms. The van der Waals surface area contributed by atoms with Crippen LogP contribution in [0, 0.1) is 0 Å². The van der Waals surface area contributed by atoms with Crippen LogP contribution in [-0.2, 0) is 5.75 Å². The van der Waals surface area contributed by atoms with Crippen molar-refractivity contribution in [3.05, 3.63) is 34.3 Å². The van der Waals surface area contributed by atoms with Gasteiger partial charge in [0.2, 0.25) is 0 Å². The van der Waals surface area contributed by atoms with Crippen LogP contribution in [0.3, 0.4) is 0 Å². The first-order valence-electron chi connectivity index (χ1n) is 4.61. The fourth-order valence-electron chi connectivity index (χ4n) is 1.67. The molecule has 0 aliphatic carbocycles. The van der Waals surface area contributed by atoms with Gasteiger partial charge in [0.1, 0.15) is 0 Å². The van der Waals surface area contributed by atoms with E-state index >= 15 is 0 Å². The Bertz CT molecular complexity index is 362. The molecule has 0 saturated heterocycles. The Kier molecular flexibility index (Phi) is 2.54. The van der Waals surface area contributed by atoms with Gasteiger partial charge in [0.15, 0.2) is 0 Å². The van der Waals surface area contributed by atoms with Crippen LogP contribution in [-0.4, -0.2) is 9.85 Å². The highest BCUT2D eigenvalue weighted by atomic mass is 35.5. The van der Waals surface area contributed by atoms with E-state index in [0.29, 0.717) is 5.02 Å². The summed E-state index contributed by atoms with van der Waals surface area (Å²) < 4.78 is -0.113. The maximum Gasteiger partial charge on any atom is 0.0934 e. The van der Waals surface area contributed by atoms with Crippen LogP contribution in [0.5, 0.6) is 0 Å². The van der Waals surface area contributed by atoms with Crippen molar-refractivity contribution in [2.45, 2.75) is 30.5 Å². The predicted molar refractivity (Wildman–Crippen MR) is 61.8 cm³/mol. The number of thioether (sulfide) groups is 1. The molecule has 1 unspecified atom stereocenters. The van der Waals surface area contributed by atoms with Crippen molar-refractivity contribution in [1.82, 2.24) is 0 Å². The highest BCUT2D eigenvalue weighted by Gasteiger charge is 2.35. The van der Waals surface area contributed by atoms with E-state index in [1.54, 1.807) is 11.8 Å². The summed E-state index contributed by atoms with van der Waals surface area (Å²) in [6.45, 7) is 4.12. The van der Waals surface area contributed by atoms with E-state index in [1.165, 1.54) is 5.56 Å². The molecule has 3 heteroatoms. The smallest absolute Gasteiger partial charge is 0.0934 e. The molecule has 1 aliphatic heterocycles. The van der Waals surface area contributed by atoms with Crippen molar-refractivity contribution in [3.63, 3.8) is 0 Å². The van der Waals surface area contributed by atoms with Crippen LogP contribution in [0.25, 0.3) is 0 Å². The summed E-state index contributed by atoms with van der Waals surface area (Å²) in [6.07, 6.45) is -0.421. The zero-order valence-corrected chi connectivity index (χ0v) is 9.82. The van der Waals surface area contributed by atoms with Gasteiger partial charge in [-0.3, -0.25) is 0 Å². The first-order chi connectivity index (χ1) is 6.50. The highest BCUT2D eigenvalue weighted by Crippen LogP contribution is 2.45. The molecule has 2 rings (SSSR count). The van der Waals surface area contributed by atoms with E-state index in [-0.39, 0.29) is 4.75 Å². The molecule has 14 heavy (non-hydrogen) atoms. The summed E-state index contributed by atoms with van der Waals surface area (Å²) in [5.41, 5.74) is 2.19. The van der Waals surface area contributed by atoms with Gasteiger partial charge in [-0.05, 0) is 37.1 Å². The van der Waals surface area contributed by atoms with Crippen LogP contribution in [0.4, 0.5) is 0 Å². The van der Waals surface area contributed by atoms with Crippen molar-refractivity contribution in [3.8, 4) is 0 Å². The van der Waals surface area contributed by atoms with Gasteiger partial charge in [-0.2, -0.15) is 0 Å². The lowest BCUT2D eigenvalue weighted by atomic mass is 9.94. The fourth-order valence-corrected chi connectivity index (χ4v) is 2.92. The lowest BCUT2D eigenvalue weighted by Gasteiger charge is -2.36. The number of rotatable bonds is 0.